The van der Waals surface area contributed by atoms with Gasteiger partial charge in [0.05, 0.1) is 18.5 Å². The predicted molar refractivity (Wildman–Crippen MR) is 43.9 cm³/mol. The van der Waals surface area contributed by atoms with Crippen LogP contribution in [0.2, 0.25) is 0 Å². The standard InChI is InChI=1S/C7H9NO3S/c9-6-4-12-7(10)8(6)2-1-5-3-11-5/h5H,1-4H2. The summed E-state index contributed by atoms with van der Waals surface area (Å²) in [4.78, 5) is 23.4. The van der Waals surface area contributed by atoms with E-state index in [1.165, 1.54) is 4.90 Å². The van der Waals surface area contributed by atoms with Crippen molar-refractivity contribution in [2.75, 3.05) is 18.9 Å². The highest BCUT2D eigenvalue weighted by Gasteiger charge is 2.32. The van der Waals surface area contributed by atoms with Gasteiger partial charge in [0.1, 0.15) is 0 Å². The smallest absolute Gasteiger partial charge is 0.288 e. The van der Waals surface area contributed by atoms with Gasteiger partial charge in [0.2, 0.25) is 5.91 Å². The lowest BCUT2D eigenvalue weighted by Gasteiger charge is -2.10. The molecule has 2 aliphatic rings. The highest BCUT2D eigenvalue weighted by molar-refractivity contribution is 8.14. The second-order valence-corrected chi connectivity index (χ2v) is 3.77. The number of carbonyl (C=O) groups is 2. The number of epoxide rings is 1. The third-order valence-electron chi connectivity index (χ3n) is 1.92. The summed E-state index contributed by atoms with van der Waals surface area (Å²) in [6.07, 6.45) is 1.08. The lowest BCUT2D eigenvalue weighted by Crippen LogP contribution is -2.30. The highest BCUT2D eigenvalue weighted by atomic mass is 32.2. The van der Waals surface area contributed by atoms with E-state index < -0.39 is 0 Å². The molecule has 2 heterocycles. The van der Waals surface area contributed by atoms with E-state index in [1.54, 1.807) is 0 Å². The summed E-state index contributed by atoms with van der Waals surface area (Å²) in [6.45, 7) is 1.30. The minimum Gasteiger partial charge on any atom is -0.373 e. The molecule has 4 nitrogen and oxygen atoms in total. The molecular formula is C7H9NO3S. The summed E-state index contributed by atoms with van der Waals surface area (Å²) in [5.74, 6) is 0.246. The Balaban J connectivity index is 1.83. The summed E-state index contributed by atoms with van der Waals surface area (Å²) in [5, 5.41) is -0.111. The van der Waals surface area contributed by atoms with Crippen LogP contribution in [0.4, 0.5) is 4.79 Å². The molecule has 2 aliphatic heterocycles. The molecule has 0 spiro atoms. The van der Waals surface area contributed by atoms with Crippen molar-refractivity contribution in [3.05, 3.63) is 0 Å². The van der Waals surface area contributed by atoms with Gasteiger partial charge in [-0.1, -0.05) is 11.8 Å². The average molecular weight is 187 g/mol. The van der Waals surface area contributed by atoms with Crippen molar-refractivity contribution in [2.24, 2.45) is 0 Å². The Morgan fingerprint density at radius 2 is 2.33 bits per heavy atom. The molecular weight excluding hydrogens is 178 g/mol. The second kappa shape index (κ2) is 3.06. The van der Waals surface area contributed by atoms with Gasteiger partial charge in [-0.3, -0.25) is 14.5 Å². The van der Waals surface area contributed by atoms with E-state index in [0.717, 1.165) is 24.8 Å². The first-order chi connectivity index (χ1) is 5.77. The van der Waals surface area contributed by atoms with Crippen LogP contribution in [0.1, 0.15) is 6.42 Å². The fraction of sp³-hybridized carbons (Fsp3) is 0.714. The molecule has 1 atom stereocenters. The van der Waals surface area contributed by atoms with Gasteiger partial charge in [-0.2, -0.15) is 0 Å². The largest absolute Gasteiger partial charge is 0.373 e. The van der Waals surface area contributed by atoms with Crippen LogP contribution < -0.4 is 0 Å². The Labute approximate surface area is 74.2 Å². The van der Waals surface area contributed by atoms with Crippen LogP contribution >= 0.6 is 11.8 Å². The number of rotatable bonds is 3. The number of carbonyl (C=O) groups excluding carboxylic acids is 2. The fourth-order valence-electron chi connectivity index (χ4n) is 1.10. The van der Waals surface area contributed by atoms with Gasteiger partial charge in [0.15, 0.2) is 0 Å². The quantitative estimate of drug-likeness (QED) is 0.603. The molecule has 0 radical (unpaired) electrons. The Bertz CT molecular complexity index is 211. The maximum atomic E-state index is 11.1. The number of amides is 2. The van der Waals surface area contributed by atoms with Crippen LogP contribution in [-0.2, 0) is 9.53 Å². The topological polar surface area (TPSA) is 49.9 Å². The minimum atomic E-state index is -0.111. The molecule has 0 saturated carbocycles. The third kappa shape index (κ3) is 1.61. The van der Waals surface area contributed by atoms with E-state index >= 15 is 0 Å². The summed E-state index contributed by atoms with van der Waals surface area (Å²) >= 11 is 1.08. The maximum Gasteiger partial charge on any atom is 0.288 e. The number of imide groups is 1. The fourth-order valence-corrected chi connectivity index (χ4v) is 1.86. The van der Waals surface area contributed by atoms with Crippen molar-refractivity contribution in [1.82, 2.24) is 4.90 Å². The van der Waals surface area contributed by atoms with Gasteiger partial charge in [-0.05, 0) is 6.42 Å². The summed E-state index contributed by atoms with van der Waals surface area (Å²) in [5.41, 5.74) is 0. The molecule has 12 heavy (non-hydrogen) atoms. The van der Waals surface area contributed by atoms with Crippen LogP contribution in [0, 0.1) is 0 Å². The van der Waals surface area contributed by atoms with E-state index in [0.29, 0.717) is 12.3 Å². The number of nitrogens with zero attached hydrogens (tertiary/aromatic N) is 1. The first-order valence-corrected chi connectivity index (χ1v) is 4.84. The molecule has 66 valence electrons. The zero-order valence-corrected chi connectivity index (χ0v) is 7.30. The molecule has 0 aromatic carbocycles. The van der Waals surface area contributed by atoms with Crippen molar-refractivity contribution < 1.29 is 14.3 Å². The second-order valence-electron chi connectivity index (χ2n) is 2.84. The predicted octanol–water partition coefficient (Wildman–Crippen LogP) is 0.471. The summed E-state index contributed by atoms with van der Waals surface area (Å²) in [6, 6.07) is 0. The van der Waals surface area contributed by atoms with Gasteiger partial charge in [-0.15, -0.1) is 0 Å². The van der Waals surface area contributed by atoms with E-state index in [2.05, 4.69) is 0 Å². The van der Waals surface area contributed by atoms with Gasteiger partial charge >= 0.3 is 0 Å². The lowest BCUT2D eigenvalue weighted by atomic mass is 10.3. The van der Waals surface area contributed by atoms with E-state index in [9.17, 15) is 9.59 Å². The number of hydrogen-bond acceptors (Lipinski definition) is 4. The van der Waals surface area contributed by atoms with Crippen molar-refractivity contribution in [3.63, 3.8) is 0 Å². The molecule has 2 fully saturated rings. The molecule has 1 unspecified atom stereocenters. The number of ether oxygens (including phenoxy) is 1. The molecule has 5 heteroatoms. The molecule has 2 amide bonds. The first kappa shape index (κ1) is 8.07. The van der Waals surface area contributed by atoms with E-state index in [1.807, 2.05) is 0 Å². The van der Waals surface area contributed by atoms with Crippen LogP contribution in [0.3, 0.4) is 0 Å². The molecule has 2 rings (SSSR count). The number of hydrogen-bond donors (Lipinski definition) is 0. The average Bonchev–Trinajstić information content (AvgIpc) is 2.80. The van der Waals surface area contributed by atoms with Crippen molar-refractivity contribution in [3.8, 4) is 0 Å². The Morgan fingerprint density at radius 1 is 1.58 bits per heavy atom. The molecule has 0 N–H and O–H groups in total. The molecule has 0 bridgehead atoms. The minimum absolute atomic E-state index is 0.0642. The van der Waals surface area contributed by atoms with Crippen LogP contribution in [0.15, 0.2) is 0 Å². The lowest BCUT2D eigenvalue weighted by molar-refractivity contribution is -0.124. The van der Waals surface area contributed by atoms with Crippen molar-refractivity contribution >= 4 is 22.9 Å². The van der Waals surface area contributed by atoms with Gasteiger partial charge in [0.25, 0.3) is 5.24 Å². The number of thioether (sulfide) groups is 1. The van der Waals surface area contributed by atoms with Gasteiger partial charge < -0.3 is 4.74 Å². The van der Waals surface area contributed by atoms with E-state index in [-0.39, 0.29) is 17.3 Å². The molecule has 2 saturated heterocycles. The molecule has 0 aromatic rings. The maximum absolute atomic E-state index is 11.1. The van der Waals surface area contributed by atoms with Gasteiger partial charge in [-0.25, -0.2) is 0 Å². The van der Waals surface area contributed by atoms with E-state index in [4.69, 9.17) is 4.74 Å². The molecule has 0 aromatic heterocycles. The Kier molecular flexibility index (Phi) is 2.06. The normalized spacial score (nSPS) is 28.3. The zero-order valence-electron chi connectivity index (χ0n) is 6.49. The Hall–Kier alpha value is -0.550. The SMILES string of the molecule is O=C1CSC(=O)N1CCC1CO1. The zero-order chi connectivity index (χ0) is 8.55. The van der Waals surface area contributed by atoms with Crippen LogP contribution in [0.25, 0.3) is 0 Å². The van der Waals surface area contributed by atoms with Crippen molar-refractivity contribution in [1.29, 1.82) is 0 Å². The monoisotopic (exact) mass is 187 g/mol. The third-order valence-corrected chi connectivity index (χ3v) is 2.78. The van der Waals surface area contributed by atoms with Crippen molar-refractivity contribution in [2.45, 2.75) is 12.5 Å². The van der Waals surface area contributed by atoms with Gasteiger partial charge in [0, 0.05) is 6.54 Å². The van der Waals surface area contributed by atoms with Crippen LogP contribution in [-0.4, -0.2) is 41.1 Å². The first-order valence-electron chi connectivity index (χ1n) is 3.86. The van der Waals surface area contributed by atoms with Crippen LogP contribution in [0.5, 0.6) is 0 Å². The highest BCUT2D eigenvalue weighted by Crippen LogP contribution is 2.21. The Morgan fingerprint density at radius 3 is 2.83 bits per heavy atom. The summed E-state index contributed by atoms with van der Waals surface area (Å²) < 4.78 is 4.98. The summed E-state index contributed by atoms with van der Waals surface area (Å²) in [7, 11) is 0. The molecule has 0 aliphatic carbocycles.